The number of para-hydroxylation sites is 1. The molecule has 0 unspecified atom stereocenters. The molecule has 0 bridgehead atoms. The van der Waals surface area contributed by atoms with Gasteiger partial charge >= 0.3 is 5.95 Å². The van der Waals surface area contributed by atoms with Gasteiger partial charge < -0.3 is 0 Å². The van der Waals surface area contributed by atoms with E-state index in [0.717, 1.165) is 11.6 Å². The topological polar surface area (TPSA) is 33.7 Å². The molecule has 2 saturated carbocycles. The molecule has 0 radical (unpaired) electrons. The van der Waals surface area contributed by atoms with E-state index in [1.165, 1.54) is 64.2 Å². The summed E-state index contributed by atoms with van der Waals surface area (Å²) in [7, 11) is 0. The van der Waals surface area contributed by atoms with Crippen LogP contribution in [0.15, 0.2) is 36.7 Å². The minimum Gasteiger partial charge on any atom is -0.290 e. The fourth-order valence-corrected chi connectivity index (χ4v) is 4.22. The molecule has 2 aliphatic carbocycles. The third kappa shape index (κ3) is 3.47. The van der Waals surface area contributed by atoms with Crippen LogP contribution in [0.2, 0.25) is 0 Å². The largest absolute Gasteiger partial charge is 0.378 e. The third-order valence-electron chi connectivity index (χ3n) is 5.61. The van der Waals surface area contributed by atoms with Gasteiger partial charge in [0.1, 0.15) is 5.69 Å². The summed E-state index contributed by atoms with van der Waals surface area (Å²) in [5.74, 6) is 1.07. The minimum atomic E-state index is 0.590. The van der Waals surface area contributed by atoms with Crippen molar-refractivity contribution in [3.05, 3.63) is 36.7 Å². The van der Waals surface area contributed by atoms with E-state index in [1.54, 1.807) is 0 Å². The van der Waals surface area contributed by atoms with Gasteiger partial charge in [-0.25, -0.2) is 4.57 Å². The summed E-state index contributed by atoms with van der Waals surface area (Å²) in [4.78, 5) is 0. The van der Waals surface area contributed by atoms with Gasteiger partial charge in [-0.2, -0.15) is 0 Å². The Labute approximate surface area is 144 Å². The van der Waals surface area contributed by atoms with E-state index in [1.807, 2.05) is 4.68 Å². The molecule has 24 heavy (non-hydrogen) atoms. The zero-order chi connectivity index (χ0) is 16.2. The summed E-state index contributed by atoms with van der Waals surface area (Å²) in [6.45, 7) is 0. The Bertz CT molecular complexity index is 637. The maximum Gasteiger partial charge on any atom is 0.378 e. The van der Waals surface area contributed by atoms with Gasteiger partial charge in [0.05, 0.1) is 12.1 Å². The zero-order valence-electron chi connectivity index (χ0n) is 14.5. The van der Waals surface area contributed by atoms with Crippen molar-refractivity contribution >= 4 is 5.95 Å². The SMILES string of the molecule is c1ccc(-n2c[n+](C3CCCCC3)c(NC3CCCCC3)n2)cc1. The summed E-state index contributed by atoms with van der Waals surface area (Å²) in [5, 5.41) is 8.69. The highest BCUT2D eigenvalue weighted by molar-refractivity contribution is 5.30. The molecule has 4 heteroatoms. The van der Waals surface area contributed by atoms with Crippen LogP contribution < -0.4 is 9.88 Å². The Balaban J connectivity index is 1.62. The molecule has 128 valence electrons. The van der Waals surface area contributed by atoms with Crippen LogP contribution in [0.3, 0.4) is 0 Å². The first-order valence-corrected chi connectivity index (χ1v) is 9.73. The van der Waals surface area contributed by atoms with Crippen LogP contribution in [0.1, 0.15) is 70.3 Å². The van der Waals surface area contributed by atoms with E-state index in [2.05, 4.69) is 46.5 Å². The Morgan fingerprint density at radius 1 is 0.875 bits per heavy atom. The molecule has 2 aromatic rings. The average molecular weight is 325 g/mol. The van der Waals surface area contributed by atoms with Crippen molar-refractivity contribution in [2.75, 3.05) is 5.32 Å². The smallest absolute Gasteiger partial charge is 0.290 e. The van der Waals surface area contributed by atoms with E-state index >= 15 is 0 Å². The zero-order valence-corrected chi connectivity index (χ0v) is 14.5. The molecule has 2 fully saturated rings. The van der Waals surface area contributed by atoms with Crippen LogP contribution in [0, 0.1) is 0 Å². The molecule has 0 atom stereocenters. The average Bonchev–Trinajstić information content (AvgIpc) is 3.08. The van der Waals surface area contributed by atoms with Gasteiger partial charge in [-0.3, -0.25) is 5.32 Å². The third-order valence-corrected chi connectivity index (χ3v) is 5.61. The number of hydrogen-bond acceptors (Lipinski definition) is 2. The van der Waals surface area contributed by atoms with E-state index in [4.69, 9.17) is 5.10 Å². The van der Waals surface area contributed by atoms with Crippen LogP contribution in [-0.2, 0) is 0 Å². The van der Waals surface area contributed by atoms with Crippen molar-refractivity contribution in [3.8, 4) is 5.69 Å². The van der Waals surface area contributed by atoms with Crippen molar-refractivity contribution in [3.63, 3.8) is 0 Å². The quantitative estimate of drug-likeness (QED) is 0.845. The number of rotatable bonds is 4. The number of aromatic nitrogens is 3. The summed E-state index contributed by atoms with van der Waals surface area (Å²) in [5.41, 5.74) is 1.14. The maximum absolute atomic E-state index is 4.92. The normalized spacial score (nSPS) is 20.2. The van der Waals surface area contributed by atoms with Crippen molar-refractivity contribution in [1.29, 1.82) is 0 Å². The van der Waals surface area contributed by atoms with Crippen LogP contribution in [-0.4, -0.2) is 15.8 Å². The van der Waals surface area contributed by atoms with Crippen molar-refractivity contribution in [1.82, 2.24) is 9.78 Å². The number of anilines is 1. The first kappa shape index (κ1) is 15.7. The van der Waals surface area contributed by atoms with Gasteiger partial charge in [0.25, 0.3) is 0 Å². The predicted molar refractivity (Wildman–Crippen MR) is 96.4 cm³/mol. The van der Waals surface area contributed by atoms with E-state index < -0.39 is 0 Å². The van der Waals surface area contributed by atoms with Crippen molar-refractivity contribution in [2.45, 2.75) is 76.3 Å². The van der Waals surface area contributed by atoms with Gasteiger partial charge in [0.15, 0.2) is 6.33 Å². The molecular formula is C20H29N4+. The fourth-order valence-electron chi connectivity index (χ4n) is 4.22. The van der Waals surface area contributed by atoms with Crippen LogP contribution in [0.25, 0.3) is 5.69 Å². The number of benzene rings is 1. The maximum atomic E-state index is 4.92. The standard InChI is InChI=1S/C20H29N4/c1-4-10-17(11-5-1)21-20-22-24(19-14-8-3-9-15-19)16-23(20)18-12-6-2-7-13-18/h3,8-9,14-18H,1-2,4-7,10-13H2,(H,21,22)/q+1. The predicted octanol–water partition coefficient (Wildman–Crippen LogP) is 4.41. The van der Waals surface area contributed by atoms with E-state index in [9.17, 15) is 0 Å². The van der Waals surface area contributed by atoms with Gasteiger partial charge in [-0.15, -0.1) is 4.68 Å². The molecule has 0 spiro atoms. The molecule has 0 aliphatic heterocycles. The van der Waals surface area contributed by atoms with Crippen LogP contribution >= 0.6 is 0 Å². The minimum absolute atomic E-state index is 0.590. The highest BCUT2D eigenvalue weighted by Crippen LogP contribution is 2.26. The molecule has 4 nitrogen and oxygen atoms in total. The lowest BCUT2D eigenvalue weighted by Crippen LogP contribution is -2.43. The molecule has 1 aromatic carbocycles. The second-order valence-electron chi connectivity index (χ2n) is 7.40. The van der Waals surface area contributed by atoms with Gasteiger partial charge in [-0.05, 0) is 37.8 Å². The summed E-state index contributed by atoms with van der Waals surface area (Å²) < 4.78 is 4.46. The summed E-state index contributed by atoms with van der Waals surface area (Å²) in [6.07, 6.45) is 15.5. The van der Waals surface area contributed by atoms with Crippen LogP contribution in [0.5, 0.6) is 0 Å². The monoisotopic (exact) mass is 325 g/mol. The van der Waals surface area contributed by atoms with E-state index in [0.29, 0.717) is 12.1 Å². The molecule has 4 rings (SSSR count). The molecule has 1 aromatic heterocycles. The summed E-state index contributed by atoms with van der Waals surface area (Å²) >= 11 is 0. The second kappa shape index (κ2) is 7.37. The summed E-state index contributed by atoms with van der Waals surface area (Å²) in [6, 6.07) is 11.7. The first-order chi connectivity index (χ1) is 11.9. The highest BCUT2D eigenvalue weighted by Gasteiger charge is 2.28. The molecule has 1 N–H and O–H groups in total. The molecule has 0 amide bonds. The molecule has 2 aliphatic rings. The lowest BCUT2D eigenvalue weighted by Gasteiger charge is -2.23. The second-order valence-corrected chi connectivity index (χ2v) is 7.40. The van der Waals surface area contributed by atoms with E-state index in [-0.39, 0.29) is 0 Å². The Morgan fingerprint density at radius 3 is 2.25 bits per heavy atom. The van der Waals surface area contributed by atoms with Gasteiger partial charge in [0.2, 0.25) is 0 Å². The first-order valence-electron chi connectivity index (χ1n) is 9.73. The number of nitrogens with one attached hydrogen (secondary N) is 1. The molecular weight excluding hydrogens is 296 g/mol. The van der Waals surface area contributed by atoms with Crippen molar-refractivity contribution in [2.24, 2.45) is 0 Å². The number of nitrogens with zero attached hydrogens (tertiary/aromatic N) is 3. The Morgan fingerprint density at radius 2 is 1.54 bits per heavy atom. The van der Waals surface area contributed by atoms with Gasteiger partial charge in [0, 0.05) is 5.10 Å². The fraction of sp³-hybridized carbons (Fsp3) is 0.600. The van der Waals surface area contributed by atoms with Crippen LogP contribution in [0.4, 0.5) is 5.95 Å². The Kier molecular flexibility index (Phi) is 4.81. The lowest BCUT2D eigenvalue weighted by atomic mass is 9.95. The molecule has 1 heterocycles. The lowest BCUT2D eigenvalue weighted by molar-refractivity contribution is -0.713. The highest BCUT2D eigenvalue weighted by atomic mass is 15.4. The van der Waals surface area contributed by atoms with Gasteiger partial charge in [-0.1, -0.05) is 56.7 Å². The molecule has 0 saturated heterocycles. The van der Waals surface area contributed by atoms with Crippen molar-refractivity contribution < 1.29 is 4.57 Å². The Hall–Kier alpha value is -1.84. The number of hydrogen-bond donors (Lipinski definition) is 1.